The first-order valence-corrected chi connectivity index (χ1v) is 10.5. The van der Waals surface area contributed by atoms with Gasteiger partial charge >= 0.3 is 12.4 Å². The minimum atomic E-state index is -4.59. The van der Waals surface area contributed by atoms with E-state index in [1.54, 1.807) is 0 Å². The van der Waals surface area contributed by atoms with Crippen LogP contribution in [-0.2, 0) is 23.7 Å². The smallest absolute Gasteiger partial charge is 0.354 e. The summed E-state index contributed by atoms with van der Waals surface area (Å²) < 4.78 is 80.5. The van der Waals surface area contributed by atoms with Crippen molar-refractivity contribution in [3.05, 3.63) is 34.9 Å². The Hall–Kier alpha value is -2.53. The maximum Gasteiger partial charge on any atom is 0.435 e. The Balaban J connectivity index is 1.35. The van der Waals surface area contributed by atoms with Gasteiger partial charge < -0.3 is 5.32 Å². The second-order valence-electron chi connectivity index (χ2n) is 8.44. The molecule has 176 valence electrons. The summed E-state index contributed by atoms with van der Waals surface area (Å²) in [5, 5.41) is 9.92. The van der Waals surface area contributed by atoms with Crippen LogP contribution in [-0.4, -0.2) is 32.0 Å². The fraction of sp³-hybridized carbons (Fsp3) is 0.650. The monoisotopic (exact) mass is 463 g/mol. The van der Waals surface area contributed by atoms with Crippen LogP contribution >= 0.6 is 0 Å². The minimum absolute atomic E-state index is 0.0302. The van der Waals surface area contributed by atoms with Gasteiger partial charge in [-0.05, 0) is 51.2 Å². The van der Waals surface area contributed by atoms with Crippen LogP contribution in [0.2, 0.25) is 0 Å². The van der Waals surface area contributed by atoms with Crippen molar-refractivity contribution in [3.8, 4) is 0 Å². The largest absolute Gasteiger partial charge is 0.435 e. The summed E-state index contributed by atoms with van der Waals surface area (Å²) >= 11 is 0. The summed E-state index contributed by atoms with van der Waals surface area (Å²) in [6.07, 6.45) is -5.62. The molecule has 2 saturated carbocycles. The zero-order valence-electron chi connectivity index (χ0n) is 17.3. The molecule has 2 aliphatic rings. The molecule has 2 fully saturated rings. The normalized spacial score (nSPS) is 18.1. The summed E-state index contributed by atoms with van der Waals surface area (Å²) in [5.74, 6) is -0.448. The second kappa shape index (κ2) is 8.11. The minimum Gasteiger partial charge on any atom is -0.354 e. The maximum atomic E-state index is 13.1. The van der Waals surface area contributed by atoms with E-state index in [2.05, 4.69) is 15.5 Å². The molecule has 0 radical (unpaired) electrons. The molecule has 2 heterocycles. The predicted octanol–water partition coefficient (Wildman–Crippen LogP) is 4.64. The molecule has 12 heteroatoms. The molecule has 32 heavy (non-hydrogen) atoms. The number of halogens is 6. The molecule has 1 amide bonds. The topological polar surface area (TPSA) is 64.7 Å². The Morgan fingerprint density at radius 2 is 1.53 bits per heavy atom. The Morgan fingerprint density at radius 1 is 1.00 bits per heavy atom. The Kier molecular flexibility index (Phi) is 5.74. The molecule has 0 saturated heterocycles. The molecular formula is C20H23F6N5O. The van der Waals surface area contributed by atoms with E-state index in [0.717, 1.165) is 42.5 Å². The van der Waals surface area contributed by atoms with Crippen molar-refractivity contribution in [2.24, 2.45) is 0 Å². The molecule has 0 aliphatic heterocycles. The maximum absolute atomic E-state index is 13.1. The standard InChI is InChI=1S/C20H23F6N5O/c1-11(31-15(13-5-6-13)10-17(29-31)20(24,25)26)18(32)27-7-2-8-30-14(12-3-4-12)9-16(28-30)19(21,22)23/h9-13H,2-8H2,1H3,(H,27,32). The highest BCUT2D eigenvalue weighted by Gasteiger charge is 2.40. The highest BCUT2D eigenvalue weighted by Crippen LogP contribution is 2.43. The van der Waals surface area contributed by atoms with E-state index in [4.69, 9.17) is 0 Å². The van der Waals surface area contributed by atoms with Crippen molar-refractivity contribution in [2.75, 3.05) is 6.54 Å². The first-order valence-electron chi connectivity index (χ1n) is 10.5. The molecule has 1 atom stereocenters. The van der Waals surface area contributed by atoms with Crippen molar-refractivity contribution in [3.63, 3.8) is 0 Å². The summed E-state index contributed by atoms with van der Waals surface area (Å²) in [4.78, 5) is 12.5. The molecule has 1 N–H and O–H groups in total. The van der Waals surface area contributed by atoms with Crippen LogP contribution in [0.1, 0.15) is 79.7 Å². The van der Waals surface area contributed by atoms with Crippen molar-refractivity contribution >= 4 is 5.91 Å². The molecule has 0 bridgehead atoms. The first-order chi connectivity index (χ1) is 14.9. The van der Waals surface area contributed by atoms with E-state index in [9.17, 15) is 31.1 Å². The number of carbonyl (C=O) groups is 1. The number of hydrogen-bond acceptors (Lipinski definition) is 3. The Morgan fingerprint density at radius 3 is 2.09 bits per heavy atom. The van der Waals surface area contributed by atoms with Crippen LogP contribution in [0.5, 0.6) is 0 Å². The van der Waals surface area contributed by atoms with Crippen molar-refractivity contribution in [1.29, 1.82) is 0 Å². The molecule has 4 rings (SSSR count). The molecular weight excluding hydrogens is 440 g/mol. The number of nitrogens with zero attached hydrogens (tertiary/aromatic N) is 4. The van der Waals surface area contributed by atoms with E-state index in [1.165, 1.54) is 11.6 Å². The van der Waals surface area contributed by atoms with Crippen molar-refractivity contribution in [1.82, 2.24) is 24.9 Å². The average molecular weight is 463 g/mol. The number of amides is 1. The van der Waals surface area contributed by atoms with E-state index >= 15 is 0 Å². The van der Waals surface area contributed by atoms with Crippen LogP contribution in [0.15, 0.2) is 12.1 Å². The third-order valence-electron chi connectivity index (χ3n) is 5.74. The van der Waals surface area contributed by atoms with Crippen molar-refractivity contribution in [2.45, 2.75) is 75.8 Å². The highest BCUT2D eigenvalue weighted by molar-refractivity contribution is 5.79. The van der Waals surface area contributed by atoms with E-state index in [0.29, 0.717) is 17.8 Å². The molecule has 6 nitrogen and oxygen atoms in total. The van der Waals surface area contributed by atoms with Gasteiger partial charge in [0.25, 0.3) is 0 Å². The van der Waals surface area contributed by atoms with Gasteiger partial charge in [0.1, 0.15) is 6.04 Å². The number of aryl methyl sites for hydroxylation is 1. The van der Waals surface area contributed by atoms with Gasteiger partial charge in [-0.3, -0.25) is 14.2 Å². The number of hydrogen-bond donors (Lipinski definition) is 1. The lowest BCUT2D eigenvalue weighted by Crippen LogP contribution is -2.33. The fourth-order valence-corrected chi connectivity index (χ4v) is 3.70. The van der Waals surface area contributed by atoms with Gasteiger partial charge in [-0.1, -0.05) is 0 Å². The van der Waals surface area contributed by atoms with Crippen LogP contribution in [0.4, 0.5) is 26.3 Å². The number of carbonyl (C=O) groups excluding carboxylic acids is 1. The Bertz CT molecular complexity index is 984. The number of aromatic nitrogens is 4. The third kappa shape index (κ3) is 4.93. The van der Waals surface area contributed by atoms with Crippen molar-refractivity contribution < 1.29 is 31.1 Å². The number of alkyl halides is 6. The van der Waals surface area contributed by atoms with Gasteiger partial charge in [-0.25, -0.2) is 0 Å². The second-order valence-corrected chi connectivity index (χ2v) is 8.44. The van der Waals surface area contributed by atoms with Gasteiger partial charge in [0.2, 0.25) is 5.91 Å². The quantitative estimate of drug-likeness (QED) is 0.458. The lowest BCUT2D eigenvalue weighted by molar-refractivity contribution is -0.142. The summed E-state index contributed by atoms with van der Waals surface area (Å²) in [6, 6.07) is 1.13. The summed E-state index contributed by atoms with van der Waals surface area (Å²) in [7, 11) is 0. The van der Waals surface area contributed by atoms with Crippen LogP contribution in [0.25, 0.3) is 0 Å². The summed E-state index contributed by atoms with van der Waals surface area (Å²) in [6.45, 7) is 1.83. The van der Waals surface area contributed by atoms with Gasteiger partial charge in [-0.15, -0.1) is 0 Å². The predicted molar refractivity (Wildman–Crippen MR) is 101 cm³/mol. The molecule has 1 unspecified atom stereocenters. The lowest BCUT2D eigenvalue weighted by Gasteiger charge is -2.16. The van der Waals surface area contributed by atoms with E-state index in [1.807, 2.05) is 0 Å². The average Bonchev–Trinajstić information content (AvgIpc) is 3.63. The molecule has 2 aliphatic carbocycles. The Labute approximate surface area is 180 Å². The number of nitrogens with one attached hydrogen (secondary N) is 1. The zero-order chi connectivity index (χ0) is 23.3. The van der Waals surface area contributed by atoms with Gasteiger partial charge in [0.05, 0.1) is 0 Å². The molecule has 2 aromatic heterocycles. The van der Waals surface area contributed by atoms with Crippen LogP contribution in [0, 0.1) is 0 Å². The van der Waals surface area contributed by atoms with Crippen LogP contribution in [0.3, 0.4) is 0 Å². The van der Waals surface area contributed by atoms with Crippen LogP contribution < -0.4 is 5.32 Å². The molecule has 0 spiro atoms. The highest BCUT2D eigenvalue weighted by atomic mass is 19.4. The van der Waals surface area contributed by atoms with Gasteiger partial charge in [-0.2, -0.15) is 36.5 Å². The third-order valence-corrected chi connectivity index (χ3v) is 5.74. The fourth-order valence-electron chi connectivity index (χ4n) is 3.70. The van der Waals surface area contributed by atoms with E-state index < -0.39 is 35.7 Å². The van der Waals surface area contributed by atoms with Gasteiger partial charge in [0.15, 0.2) is 11.4 Å². The zero-order valence-corrected chi connectivity index (χ0v) is 17.3. The lowest BCUT2D eigenvalue weighted by atomic mass is 10.2. The van der Waals surface area contributed by atoms with Gasteiger partial charge in [0, 0.05) is 36.3 Å². The molecule has 2 aromatic rings. The molecule has 0 aromatic carbocycles. The SMILES string of the molecule is CC(C(=O)NCCCn1nc(C(F)(F)F)cc1C1CC1)n1nc(C(F)(F)F)cc1C1CC1. The summed E-state index contributed by atoms with van der Waals surface area (Å²) in [5.41, 5.74) is -1.01. The van der Waals surface area contributed by atoms with E-state index in [-0.39, 0.29) is 24.9 Å². The number of rotatable bonds is 8. The first kappa shape index (κ1) is 22.7.